The van der Waals surface area contributed by atoms with E-state index in [4.69, 9.17) is 4.74 Å². The Morgan fingerprint density at radius 2 is 1.22 bits per heavy atom. The van der Waals surface area contributed by atoms with Crippen molar-refractivity contribution in [1.82, 2.24) is 0 Å². The molecule has 1 aliphatic rings. The number of unbranched alkanes of at least 4 members (excludes halogenated alkanes) is 14. The van der Waals surface area contributed by atoms with Gasteiger partial charge in [0.1, 0.15) is 17.8 Å². The highest BCUT2D eigenvalue weighted by Crippen LogP contribution is 2.34. The highest BCUT2D eigenvalue weighted by Gasteiger charge is 2.35. The molecule has 0 heterocycles. The third kappa shape index (κ3) is 28.7. The van der Waals surface area contributed by atoms with E-state index in [1.807, 2.05) is 44.2 Å². The van der Waals surface area contributed by atoms with Gasteiger partial charge in [-0.3, -0.25) is 24.0 Å². The summed E-state index contributed by atoms with van der Waals surface area (Å²) < 4.78 is 5.74. The normalized spacial score (nSPS) is 15.5. The lowest BCUT2D eigenvalue weighted by Crippen LogP contribution is -2.33. The number of ether oxygens (including phenoxy) is 1. The fraction of sp³-hybridized carbons (Fsp3) is 0.722. The quantitative estimate of drug-likeness (QED) is 0.0176. The van der Waals surface area contributed by atoms with E-state index in [2.05, 4.69) is 31.1 Å². The summed E-state index contributed by atoms with van der Waals surface area (Å²) in [6.45, 7) is 6.17. The fourth-order valence-electron chi connectivity index (χ4n) is 8.50. The van der Waals surface area contributed by atoms with Crippen LogP contribution in [0.2, 0.25) is 0 Å². The molecule has 0 radical (unpaired) electrons. The molecule has 0 amide bonds. The number of carbonyl (C=O) groups excluding carboxylic acids is 3. The van der Waals surface area contributed by atoms with E-state index < -0.39 is 29.7 Å². The van der Waals surface area contributed by atoms with Crippen molar-refractivity contribution >= 4 is 35.6 Å². The average Bonchev–Trinajstić information content (AvgIpc) is 3.24. The van der Waals surface area contributed by atoms with Gasteiger partial charge < -0.3 is 20.1 Å². The Bertz CT molecular complexity index is 1480. The molecular weight excluding hydrogens is 809 g/mol. The molecule has 0 spiro atoms. The number of aliphatic carboxylic acids is 3. The Hall–Kier alpha value is -4.04. The third-order valence-corrected chi connectivity index (χ3v) is 12.8. The lowest BCUT2D eigenvalue weighted by Gasteiger charge is -2.30. The minimum atomic E-state index is -1.09. The van der Waals surface area contributed by atoms with Crippen LogP contribution in [0.3, 0.4) is 0 Å². The van der Waals surface area contributed by atoms with Crippen LogP contribution >= 0.6 is 0 Å². The van der Waals surface area contributed by atoms with Gasteiger partial charge in [0, 0.05) is 23.8 Å². The number of hydrogen-bond donors (Lipinski definition) is 3. The first-order valence-electron chi connectivity index (χ1n) is 25.2. The summed E-state index contributed by atoms with van der Waals surface area (Å²) in [5.41, 5.74) is 0.760. The summed E-state index contributed by atoms with van der Waals surface area (Å²) >= 11 is 0. The van der Waals surface area contributed by atoms with Crippen molar-refractivity contribution in [3.05, 3.63) is 54.2 Å². The van der Waals surface area contributed by atoms with Gasteiger partial charge in [-0.05, 0) is 108 Å². The Morgan fingerprint density at radius 3 is 1.81 bits per heavy atom. The van der Waals surface area contributed by atoms with Crippen molar-refractivity contribution < 1.29 is 48.8 Å². The maximum atomic E-state index is 12.9. The summed E-state index contributed by atoms with van der Waals surface area (Å²) in [6.07, 6.45) is 40.9. The van der Waals surface area contributed by atoms with Crippen LogP contribution in [0.5, 0.6) is 0 Å². The zero-order valence-corrected chi connectivity index (χ0v) is 40.0. The number of carboxylic acid groups (broad SMARTS) is 3. The molecule has 10 nitrogen and oxygen atoms in total. The SMILES string of the molecule is CCCCCCCCC(/C=C/CCCCCCC(=O)OC(CC)CCC(=C=O)CCCCCCC/C=C\C/C=C\C=C\C(CC)C(CC(=O)O)C(=O)C1CCC1)C(CC(=O)O)C(=O)O. The Balaban J connectivity index is 2.24. The first-order valence-corrected chi connectivity index (χ1v) is 25.2. The van der Waals surface area contributed by atoms with Gasteiger partial charge in [0.15, 0.2) is 0 Å². The highest BCUT2D eigenvalue weighted by atomic mass is 16.5. The van der Waals surface area contributed by atoms with E-state index in [9.17, 15) is 44.1 Å². The molecule has 64 heavy (non-hydrogen) atoms. The summed E-state index contributed by atoms with van der Waals surface area (Å²) in [4.78, 5) is 71.8. The van der Waals surface area contributed by atoms with Crippen molar-refractivity contribution in [2.45, 2.75) is 219 Å². The zero-order valence-electron chi connectivity index (χ0n) is 40.0. The van der Waals surface area contributed by atoms with Crippen LogP contribution in [0.25, 0.3) is 0 Å². The topological polar surface area (TPSA) is 172 Å². The summed E-state index contributed by atoms with van der Waals surface area (Å²) in [5.74, 6) is -2.68. The highest BCUT2D eigenvalue weighted by molar-refractivity contribution is 5.87. The number of allylic oxidation sites excluding steroid dienone is 9. The molecule has 0 aromatic heterocycles. The second kappa shape index (κ2) is 38.3. The minimum Gasteiger partial charge on any atom is -0.481 e. The van der Waals surface area contributed by atoms with Gasteiger partial charge in [0.2, 0.25) is 0 Å². The molecule has 1 aliphatic carbocycles. The van der Waals surface area contributed by atoms with Crippen molar-refractivity contribution in [2.75, 3.05) is 0 Å². The molecule has 1 saturated carbocycles. The molecule has 1 fully saturated rings. The number of Topliss-reactive ketones (excluding diaryl/α,β-unsaturated/α-hetero) is 1. The second-order valence-corrected chi connectivity index (χ2v) is 18.0. The largest absolute Gasteiger partial charge is 0.481 e. The van der Waals surface area contributed by atoms with Gasteiger partial charge in [0.25, 0.3) is 0 Å². The van der Waals surface area contributed by atoms with Crippen LogP contribution in [-0.4, -0.2) is 57.0 Å². The molecule has 362 valence electrons. The Morgan fingerprint density at radius 1 is 0.609 bits per heavy atom. The number of hydrogen-bond acceptors (Lipinski definition) is 7. The number of carbonyl (C=O) groups is 5. The van der Waals surface area contributed by atoms with Crippen molar-refractivity contribution in [2.24, 2.45) is 29.6 Å². The molecule has 10 heteroatoms. The summed E-state index contributed by atoms with van der Waals surface area (Å²) in [7, 11) is 0. The third-order valence-electron chi connectivity index (χ3n) is 12.8. The van der Waals surface area contributed by atoms with Gasteiger partial charge in [-0.25, -0.2) is 4.79 Å². The lowest BCUT2D eigenvalue weighted by atomic mass is 9.72. The van der Waals surface area contributed by atoms with E-state index in [0.717, 1.165) is 140 Å². The van der Waals surface area contributed by atoms with Crippen LogP contribution in [0.4, 0.5) is 0 Å². The molecule has 0 bridgehead atoms. The van der Waals surface area contributed by atoms with Crippen molar-refractivity contribution in [3.8, 4) is 0 Å². The monoisotopic (exact) mass is 895 g/mol. The number of carboxylic acids is 3. The fourth-order valence-corrected chi connectivity index (χ4v) is 8.50. The van der Waals surface area contributed by atoms with E-state index in [0.29, 0.717) is 32.1 Å². The molecule has 0 aromatic carbocycles. The molecular formula is C54H86O10. The zero-order chi connectivity index (χ0) is 47.2. The smallest absolute Gasteiger partial charge is 0.307 e. The van der Waals surface area contributed by atoms with Crippen LogP contribution in [0.15, 0.2) is 54.2 Å². The van der Waals surface area contributed by atoms with Gasteiger partial charge in [-0.1, -0.05) is 146 Å². The van der Waals surface area contributed by atoms with Gasteiger partial charge >= 0.3 is 23.9 Å². The predicted molar refractivity (Wildman–Crippen MR) is 257 cm³/mol. The predicted octanol–water partition coefficient (Wildman–Crippen LogP) is 13.6. The maximum Gasteiger partial charge on any atom is 0.307 e. The van der Waals surface area contributed by atoms with Gasteiger partial charge in [-0.15, -0.1) is 0 Å². The Kier molecular flexibility index (Phi) is 34.7. The standard InChI is InChI=1S/C54H86O10/c1-4-7-8-9-21-27-33-45(49(54(62)63)41-51(58)59)34-28-23-18-19-24-29-37-52(60)64-47(6-3)39-38-43(42-55)31-25-20-16-14-12-10-11-13-15-17-22-26-32-44(5-2)48(40-50(56)57)53(61)46-35-30-36-46/h11,13,17,22,26,28,32,34,44-49H,4-10,12,14-16,18-21,23-25,27,29-31,33,35-41H2,1-3H3,(H,56,57)(H,58,59)(H,62,63)/b13-11-,22-17-,32-26+,34-28+. The molecule has 0 aromatic rings. The molecule has 3 N–H and O–H groups in total. The number of ketones is 1. The number of rotatable bonds is 42. The first kappa shape index (κ1) is 58.0. The molecule has 0 saturated heterocycles. The molecule has 0 aliphatic heterocycles. The van der Waals surface area contributed by atoms with E-state index >= 15 is 0 Å². The molecule has 5 atom stereocenters. The molecule has 5 unspecified atom stereocenters. The average molecular weight is 895 g/mol. The van der Waals surface area contributed by atoms with Crippen molar-refractivity contribution in [1.29, 1.82) is 0 Å². The van der Waals surface area contributed by atoms with Crippen LogP contribution < -0.4 is 0 Å². The number of esters is 1. The van der Waals surface area contributed by atoms with Gasteiger partial charge in [0.05, 0.1) is 18.8 Å². The first-order chi connectivity index (χ1) is 31.0. The Labute approximate surface area is 386 Å². The van der Waals surface area contributed by atoms with Crippen molar-refractivity contribution in [3.63, 3.8) is 0 Å². The minimum absolute atomic E-state index is 0.0408. The van der Waals surface area contributed by atoms with E-state index in [1.165, 1.54) is 12.8 Å². The van der Waals surface area contributed by atoms with Crippen LogP contribution in [0, 0.1) is 29.6 Å². The lowest BCUT2D eigenvalue weighted by molar-refractivity contribution is -0.150. The van der Waals surface area contributed by atoms with E-state index in [-0.39, 0.29) is 48.5 Å². The summed E-state index contributed by atoms with van der Waals surface area (Å²) in [5, 5.41) is 28.4. The molecule has 1 rings (SSSR count). The van der Waals surface area contributed by atoms with Crippen LogP contribution in [-0.2, 0) is 33.5 Å². The van der Waals surface area contributed by atoms with Gasteiger partial charge in [-0.2, -0.15) is 0 Å². The van der Waals surface area contributed by atoms with E-state index in [1.54, 1.807) is 0 Å². The summed E-state index contributed by atoms with van der Waals surface area (Å²) in [6, 6.07) is 0. The maximum absolute atomic E-state index is 12.9. The van der Waals surface area contributed by atoms with Crippen LogP contribution in [0.1, 0.15) is 213 Å². The second-order valence-electron chi connectivity index (χ2n) is 18.0.